The SMILES string of the molecule is Cc1cc(N)c(OCC2CC2)cc1C1CCNCC1. The van der Waals surface area contributed by atoms with Crippen molar-refractivity contribution in [1.29, 1.82) is 0 Å². The lowest BCUT2D eigenvalue weighted by molar-refractivity contribution is 0.300. The van der Waals surface area contributed by atoms with E-state index in [0.717, 1.165) is 37.1 Å². The zero-order valence-electron chi connectivity index (χ0n) is 11.7. The number of nitrogen functional groups attached to an aromatic ring is 1. The number of nitrogens with two attached hydrogens (primary N) is 1. The van der Waals surface area contributed by atoms with Crippen molar-refractivity contribution in [1.82, 2.24) is 5.32 Å². The third kappa shape index (κ3) is 3.03. The number of hydrogen-bond donors (Lipinski definition) is 2. The predicted molar refractivity (Wildman–Crippen MR) is 78.7 cm³/mol. The zero-order chi connectivity index (χ0) is 13.2. The first-order valence-corrected chi connectivity index (χ1v) is 7.47. The van der Waals surface area contributed by atoms with Crippen LogP contribution in [-0.2, 0) is 0 Å². The minimum absolute atomic E-state index is 0.658. The summed E-state index contributed by atoms with van der Waals surface area (Å²) in [5.41, 5.74) is 9.62. The lowest BCUT2D eigenvalue weighted by Gasteiger charge is -2.25. The molecule has 0 radical (unpaired) electrons. The number of benzene rings is 1. The van der Waals surface area contributed by atoms with Gasteiger partial charge in [0.2, 0.25) is 0 Å². The number of nitrogens with one attached hydrogen (secondary N) is 1. The third-order valence-electron chi connectivity index (χ3n) is 4.35. The summed E-state index contributed by atoms with van der Waals surface area (Å²) < 4.78 is 5.91. The van der Waals surface area contributed by atoms with Crippen molar-refractivity contribution in [2.45, 2.75) is 38.5 Å². The Labute approximate surface area is 115 Å². The van der Waals surface area contributed by atoms with E-state index in [-0.39, 0.29) is 0 Å². The van der Waals surface area contributed by atoms with Gasteiger partial charge in [-0.05, 0) is 80.8 Å². The number of anilines is 1. The lowest BCUT2D eigenvalue weighted by Crippen LogP contribution is -2.27. The highest BCUT2D eigenvalue weighted by Crippen LogP contribution is 2.36. The van der Waals surface area contributed by atoms with Crippen molar-refractivity contribution >= 4 is 5.69 Å². The van der Waals surface area contributed by atoms with Crippen LogP contribution in [0.1, 0.15) is 42.7 Å². The van der Waals surface area contributed by atoms with E-state index < -0.39 is 0 Å². The summed E-state index contributed by atoms with van der Waals surface area (Å²) in [7, 11) is 0. The quantitative estimate of drug-likeness (QED) is 0.818. The summed E-state index contributed by atoms with van der Waals surface area (Å²) in [5.74, 6) is 2.32. The monoisotopic (exact) mass is 260 g/mol. The lowest BCUT2D eigenvalue weighted by atomic mass is 9.87. The van der Waals surface area contributed by atoms with E-state index >= 15 is 0 Å². The second-order valence-electron chi connectivity index (χ2n) is 6.03. The Morgan fingerprint density at radius 3 is 2.63 bits per heavy atom. The molecule has 3 heteroatoms. The smallest absolute Gasteiger partial charge is 0.142 e. The zero-order valence-corrected chi connectivity index (χ0v) is 11.7. The number of piperidine rings is 1. The molecule has 1 aliphatic heterocycles. The molecule has 3 N–H and O–H groups in total. The van der Waals surface area contributed by atoms with E-state index in [1.54, 1.807) is 0 Å². The molecule has 0 unspecified atom stereocenters. The fourth-order valence-corrected chi connectivity index (χ4v) is 2.92. The molecular formula is C16H24N2O. The first kappa shape index (κ1) is 12.8. The molecule has 3 nitrogen and oxygen atoms in total. The Bertz CT molecular complexity index is 448. The van der Waals surface area contributed by atoms with Crippen LogP contribution in [0.15, 0.2) is 12.1 Å². The number of ether oxygens (including phenoxy) is 1. The Morgan fingerprint density at radius 2 is 1.95 bits per heavy atom. The van der Waals surface area contributed by atoms with Gasteiger partial charge in [-0.25, -0.2) is 0 Å². The van der Waals surface area contributed by atoms with E-state index in [2.05, 4.69) is 24.4 Å². The van der Waals surface area contributed by atoms with Crippen LogP contribution in [0.2, 0.25) is 0 Å². The van der Waals surface area contributed by atoms with Gasteiger partial charge in [0.1, 0.15) is 5.75 Å². The molecule has 0 atom stereocenters. The second-order valence-corrected chi connectivity index (χ2v) is 6.03. The van der Waals surface area contributed by atoms with Crippen molar-refractivity contribution in [3.8, 4) is 5.75 Å². The Morgan fingerprint density at radius 1 is 1.21 bits per heavy atom. The number of aryl methyl sites for hydroxylation is 1. The molecule has 1 saturated carbocycles. The Hall–Kier alpha value is -1.22. The molecule has 104 valence electrons. The molecule has 0 spiro atoms. The Kier molecular flexibility index (Phi) is 3.65. The van der Waals surface area contributed by atoms with Gasteiger partial charge in [0.05, 0.1) is 12.3 Å². The van der Waals surface area contributed by atoms with E-state index in [9.17, 15) is 0 Å². The maximum Gasteiger partial charge on any atom is 0.142 e. The van der Waals surface area contributed by atoms with Gasteiger partial charge in [-0.15, -0.1) is 0 Å². The molecular weight excluding hydrogens is 236 g/mol. The van der Waals surface area contributed by atoms with Crippen LogP contribution in [0.25, 0.3) is 0 Å². The molecule has 2 aliphatic rings. The first-order valence-electron chi connectivity index (χ1n) is 7.47. The van der Waals surface area contributed by atoms with E-state index in [0.29, 0.717) is 5.92 Å². The summed E-state index contributed by atoms with van der Waals surface area (Å²) in [6.45, 7) is 5.23. The molecule has 1 aromatic carbocycles. The predicted octanol–water partition coefficient (Wildman–Crippen LogP) is 2.83. The molecule has 0 aromatic heterocycles. The van der Waals surface area contributed by atoms with Gasteiger partial charge >= 0.3 is 0 Å². The van der Waals surface area contributed by atoms with Crippen LogP contribution in [-0.4, -0.2) is 19.7 Å². The maximum absolute atomic E-state index is 6.09. The van der Waals surface area contributed by atoms with E-state index in [1.165, 1.54) is 36.8 Å². The van der Waals surface area contributed by atoms with E-state index in [1.807, 2.05) is 0 Å². The van der Waals surface area contributed by atoms with Gasteiger partial charge in [0.15, 0.2) is 0 Å². The van der Waals surface area contributed by atoms with Crippen molar-refractivity contribution in [3.05, 3.63) is 23.3 Å². The topological polar surface area (TPSA) is 47.3 Å². The van der Waals surface area contributed by atoms with Gasteiger partial charge in [-0.2, -0.15) is 0 Å². The molecule has 1 saturated heterocycles. The molecule has 2 fully saturated rings. The van der Waals surface area contributed by atoms with Gasteiger partial charge in [-0.1, -0.05) is 0 Å². The van der Waals surface area contributed by atoms with Crippen LogP contribution in [0, 0.1) is 12.8 Å². The molecule has 1 aliphatic carbocycles. The molecule has 1 heterocycles. The first-order chi connectivity index (χ1) is 9.24. The number of hydrogen-bond acceptors (Lipinski definition) is 3. The minimum atomic E-state index is 0.658. The van der Waals surface area contributed by atoms with Crippen LogP contribution in [0.5, 0.6) is 5.75 Å². The summed E-state index contributed by atoms with van der Waals surface area (Å²) in [5, 5.41) is 3.42. The number of rotatable bonds is 4. The highest BCUT2D eigenvalue weighted by Gasteiger charge is 2.23. The Balaban J connectivity index is 1.78. The highest BCUT2D eigenvalue weighted by molar-refractivity contribution is 5.57. The molecule has 19 heavy (non-hydrogen) atoms. The van der Waals surface area contributed by atoms with Crippen LogP contribution < -0.4 is 15.8 Å². The fraction of sp³-hybridized carbons (Fsp3) is 0.625. The normalized spacial score (nSPS) is 20.5. The van der Waals surface area contributed by atoms with Crippen LogP contribution in [0.4, 0.5) is 5.69 Å². The van der Waals surface area contributed by atoms with Crippen LogP contribution >= 0.6 is 0 Å². The summed E-state index contributed by atoms with van der Waals surface area (Å²) >= 11 is 0. The average molecular weight is 260 g/mol. The molecule has 0 amide bonds. The fourth-order valence-electron chi connectivity index (χ4n) is 2.92. The van der Waals surface area contributed by atoms with Crippen molar-refractivity contribution < 1.29 is 4.74 Å². The largest absolute Gasteiger partial charge is 0.491 e. The molecule has 0 bridgehead atoms. The van der Waals surface area contributed by atoms with Gasteiger partial charge < -0.3 is 15.8 Å². The van der Waals surface area contributed by atoms with E-state index in [4.69, 9.17) is 10.5 Å². The summed E-state index contributed by atoms with van der Waals surface area (Å²) in [6.07, 6.45) is 5.06. The van der Waals surface area contributed by atoms with Crippen LogP contribution in [0.3, 0.4) is 0 Å². The summed E-state index contributed by atoms with van der Waals surface area (Å²) in [4.78, 5) is 0. The van der Waals surface area contributed by atoms with Gasteiger partial charge in [0, 0.05) is 0 Å². The second kappa shape index (κ2) is 5.41. The third-order valence-corrected chi connectivity index (χ3v) is 4.35. The van der Waals surface area contributed by atoms with Crippen molar-refractivity contribution in [2.75, 3.05) is 25.4 Å². The van der Waals surface area contributed by atoms with Crippen molar-refractivity contribution in [2.24, 2.45) is 5.92 Å². The molecule has 3 rings (SSSR count). The molecule has 1 aromatic rings. The van der Waals surface area contributed by atoms with Gasteiger partial charge in [-0.3, -0.25) is 0 Å². The summed E-state index contributed by atoms with van der Waals surface area (Å²) in [6, 6.07) is 4.28. The average Bonchev–Trinajstić information content (AvgIpc) is 3.23. The minimum Gasteiger partial charge on any atom is -0.491 e. The maximum atomic E-state index is 6.09. The standard InChI is InChI=1S/C16H24N2O/c1-11-8-15(17)16(19-10-12-2-3-12)9-14(11)13-4-6-18-7-5-13/h8-9,12-13,18H,2-7,10,17H2,1H3. The van der Waals surface area contributed by atoms with Gasteiger partial charge in [0.25, 0.3) is 0 Å². The van der Waals surface area contributed by atoms with Crippen molar-refractivity contribution in [3.63, 3.8) is 0 Å². The highest BCUT2D eigenvalue weighted by atomic mass is 16.5.